The first-order valence-electron chi connectivity index (χ1n) is 9.20. The van der Waals surface area contributed by atoms with Crippen LogP contribution in [-0.2, 0) is 4.65 Å². The highest BCUT2D eigenvalue weighted by molar-refractivity contribution is 6.39. The highest BCUT2D eigenvalue weighted by Crippen LogP contribution is 2.25. The second-order valence-corrected chi connectivity index (χ2v) is 7.51. The highest BCUT2D eigenvalue weighted by Gasteiger charge is 2.29. The smallest absolute Gasteiger partial charge is 0.501 e. The van der Waals surface area contributed by atoms with Crippen LogP contribution in [0.15, 0.2) is 66.7 Å². The van der Waals surface area contributed by atoms with Crippen LogP contribution in [0.2, 0.25) is 10.0 Å². The normalized spacial score (nSPS) is 11.8. The highest BCUT2D eigenvalue weighted by atomic mass is 35.5. The van der Waals surface area contributed by atoms with Crippen molar-refractivity contribution in [2.75, 3.05) is 6.61 Å². The maximum atomic E-state index is 6.24. The molecule has 1 atom stereocenters. The predicted molar refractivity (Wildman–Crippen MR) is 119 cm³/mol. The van der Waals surface area contributed by atoms with Crippen molar-refractivity contribution >= 4 is 30.5 Å². The Balaban J connectivity index is 1.74. The molecule has 0 amide bonds. The summed E-state index contributed by atoms with van der Waals surface area (Å²) in [6, 6.07) is 20.2. The maximum Gasteiger partial charge on any atom is 0.788 e. The molecule has 150 valence electrons. The molecule has 0 fully saturated rings. The summed E-state index contributed by atoms with van der Waals surface area (Å²) in [6.07, 6.45) is 0. The fourth-order valence-corrected chi connectivity index (χ4v) is 2.93. The minimum atomic E-state index is -1.03. The first kappa shape index (κ1) is 21.5. The van der Waals surface area contributed by atoms with E-state index in [2.05, 4.69) is 0 Å². The van der Waals surface area contributed by atoms with Crippen LogP contribution in [0.25, 0.3) is 0 Å². The Bertz CT molecular complexity index is 903. The molecule has 3 aromatic rings. The molecule has 29 heavy (non-hydrogen) atoms. The number of hydrogen-bond acceptors (Lipinski definition) is 4. The third-order valence-corrected chi connectivity index (χ3v) is 5.21. The van der Waals surface area contributed by atoms with Crippen LogP contribution in [0.3, 0.4) is 0 Å². The van der Waals surface area contributed by atoms with Gasteiger partial charge in [0.05, 0.1) is 12.6 Å². The summed E-state index contributed by atoms with van der Waals surface area (Å²) in [7, 11) is -1.03. The van der Waals surface area contributed by atoms with Gasteiger partial charge in [-0.15, -0.1) is 0 Å². The van der Waals surface area contributed by atoms with Gasteiger partial charge in [0.15, 0.2) is 0 Å². The Labute approximate surface area is 181 Å². The van der Waals surface area contributed by atoms with E-state index in [4.69, 9.17) is 42.9 Å². The number of halogens is 2. The summed E-state index contributed by atoms with van der Waals surface area (Å²) >= 11 is 12.4. The van der Waals surface area contributed by atoms with E-state index in [1.165, 1.54) is 0 Å². The van der Waals surface area contributed by atoms with Crippen molar-refractivity contribution < 1.29 is 14.0 Å². The number of hydrogen-bond donors (Lipinski definition) is 1. The lowest BCUT2D eigenvalue weighted by Gasteiger charge is -2.19. The molecule has 0 saturated carbocycles. The van der Waals surface area contributed by atoms with Gasteiger partial charge in [-0.1, -0.05) is 65.7 Å². The monoisotopic (exact) mass is 429 g/mol. The Hall–Kier alpha value is -2.18. The van der Waals surface area contributed by atoms with Gasteiger partial charge in [-0.05, 0) is 54.8 Å². The average molecular weight is 430 g/mol. The van der Waals surface area contributed by atoms with Crippen LogP contribution in [0.1, 0.15) is 22.7 Å². The van der Waals surface area contributed by atoms with E-state index in [9.17, 15) is 0 Å². The average Bonchev–Trinajstić information content (AvgIpc) is 2.72. The molecule has 0 aliphatic rings. The Kier molecular flexibility index (Phi) is 7.45. The molecule has 0 spiro atoms. The minimum absolute atomic E-state index is 0.202. The predicted octanol–water partition coefficient (Wildman–Crippen LogP) is 5.77. The summed E-state index contributed by atoms with van der Waals surface area (Å²) < 4.78 is 17.6. The first-order chi connectivity index (χ1) is 13.9. The Morgan fingerprint density at radius 2 is 1.34 bits per heavy atom. The van der Waals surface area contributed by atoms with Crippen LogP contribution in [0.4, 0.5) is 0 Å². The fourth-order valence-electron chi connectivity index (χ4n) is 2.59. The molecule has 2 N–H and O–H groups in total. The van der Waals surface area contributed by atoms with Crippen molar-refractivity contribution in [2.24, 2.45) is 5.73 Å². The van der Waals surface area contributed by atoms with Crippen LogP contribution in [-0.4, -0.2) is 13.9 Å². The topological polar surface area (TPSA) is 53.7 Å². The van der Waals surface area contributed by atoms with Crippen molar-refractivity contribution in [3.8, 4) is 11.5 Å². The summed E-state index contributed by atoms with van der Waals surface area (Å²) in [5, 5.41) is 1.20. The lowest BCUT2D eigenvalue weighted by molar-refractivity contribution is 0.188. The molecule has 0 aliphatic heterocycles. The van der Waals surface area contributed by atoms with E-state index in [0.717, 1.165) is 16.7 Å². The van der Waals surface area contributed by atoms with Gasteiger partial charge in [0.1, 0.15) is 11.5 Å². The molecular weight excluding hydrogens is 408 g/mol. The van der Waals surface area contributed by atoms with Crippen LogP contribution >= 0.6 is 23.2 Å². The molecule has 7 heteroatoms. The lowest BCUT2D eigenvalue weighted by Crippen LogP contribution is -2.36. The summed E-state index contributed by atoms with van der Waals surface area (Å²) in [5.74, 6) is 1.05. The molecule has 0 aromatic heterocycles. The molecule has 4 nitrogen and oxygen atoms in total. The zero-order chi connectivity index (χ0) is 20.8. The number of nitrogens with two attached hydrogens (primary N) is 1. The first-order valence-corrected chi connectivity index (χ1v) is 9.95. The van der Waals surface area contributed by atoms with E-state index < -0.39 is 7.32 Å². The van der Waals surface area contributed by atoms with Crippen LogP contribution in [0, 0.1) is 13.8 Å². The number of aryl methyl sites for hydroxylation is 2. The molecule has 1 unspecified atom stereocenters. The molecule has 3 aromatic carbocycles. The molecule has 0 bridgehead atoms. The molecule has 0 saturated heterocycles. The molecule has 0 heterocycles. The van der Waals surface area contributed by atoms with E-state index in [0.29, 0.717) is 21.5 Å². The zero-order valence-electron chi connectivity index (χ0n) is 16.3. The molecule has 0 aliphatic carbocycles. The maximum absolute atomic E-state index is 6.24. The van der Waals surface area contributed by atoms with Gasteiger partial charge < -0.3 is 19.7 Å². The van der Waals surface area contributed by atoms with Gasteiger partial charge in [0.25, 0.3) is 0 Å². The minimum Gasteiger partial charge on any atom is -0.501 e. The van der Waals surface area contributed by atoms with Crippen LogP contribution < -0.4 is 15.0 Å². The number of rotatable bonds is 8. The lowest BCUT2D eigenvalue weighted by atomic mass is 10.1. The van der Waals surface area contributed by atoms with E-state index >= 15 is 0 Å². The van der Waals surface area contributed by atoms with Crippen molar-refractivity contribution in [1.29, 1.82) is 0 Å². The Morgan fingerprint density at radius 1 is 0.828 bits per heavy atom. The molecule has 0 radical (unpaired) electrons. The largest absolute Gasteiger partial charge is 0.788 e. The summed E-state index contributed by atoms with van der Waals surface area (Å²) in [6.45, 7) is 4.04. The van der Waals surface area contributed by atoms with E-state index in [-0.39, 0.29) is 12.6 Å². The van der Waals surface area contributed by atoms with E-state index in [1.54, 1.807) is 24.3 Å². The summed E-state index contributed by atoms with van der Waals surface area (Å²) in [5.41, 5.74) is 9.11. The second kappa shape index (κ2) is 10.0. The van der Waals surface area contributed by atoms with Crippen molar-refractivity contribution in [3.63, 3.8) is 0 Å². The van der Waals surface area contributed by atoms with Gasteiger partial charge in [-0.25, -0.2) is 0 Å². The van der Waals surface area contributed by atoms with Gasteiger partial charge in [-0.2, -0.15) is 0 Å². The standard InChI is InChI=1S/C22H22BCl2NO3/c1-15-8-10-18(12-20(15)24)28-23(29-19-11-9-16(2)21(25)13-19)27-14-22(26)17-6-4-3-5-7-17/h3-13,22H,14,26H2,1-2H3. The van der Waals surface area contributed by atoms with Gasteiger partial charge in [0, 0.05) is 10.0 Å². The van der Waals surface area contributed by atoms with E-state index in [1.807, 2.05) is 56.3 Å². The van der Waals surface area contributed by atoms with Crippen molar-refractivity contribution in [2.45, 2.75) is 19.9 Å². The van der Waals surface area contributed by atoms with Crippen molar-refractivity contribution in [1.82, 2.24) is 0 Å². The Morgan fingerprint density at radius 3 is 1.83 bits per heavy atom. The van der Waals surface area contributed by atoms with Crippen molar-refractivity contribution in [3.05, 3.63) is 93.5 Å². The summed E-state index contributed by atoms with van der Waals surface area (Å²) in [4.78, 5) is 0. The SMILES string of the molecule is Cc1ccc(OB(OCC(N)c2ccccc2)Oc2ccc(C)c(Cl)c2)cc1Cl. The van der Waals surface area contributed by atoms with Crippen LogP contribution in [0.5, 0.6) is 11.5 Å². The quantitative estimate of drug-likeness (QED) is 0.461. The number of benzene rings is 3. The third-order valence-electron chi connectivity index (χ3n) is 4.39. The zero-order valence-corrected chi connectivity index (χ0v) is 17.8. The third kappa shape index (κ3) is 6.15. The second-order valence-electron chi connectivity index (χ2n) is 6.70. The van der Waals surface area contributed by atoms with Gasteiger partial charge >= 0.3 is 7.32 Å². The molecular formula is C22H22BCl2NO3. The fraction of sp³-hybridized carbons (Fsp3) is 0.182. The molecule has 3 rings (SSSR count). The van der Waals surface area contributed by atoms with Gasteiger partial charge in [0.2, 0.25) is 0 Å². The van der Waals surface area contributed by atoms with Gasteiger partial charge in [-0.3, -0.25) is 0 Å².